The average Bonchev–Trinajstić information content (AvgIpc) is 3.27. The fourth-order valence-electron chi connectivity index (χ4n) is 2.61. The summed E-state index contributed by atoms with van der Waals surface area (Å²) < 4.78 is 33.9. The third-order valence-corrected chi connectivity index (χ3v) is 5.66. The number of hydrogen-bond acceptors (Lipinski definition) is 8. The number of aromatic nitrogens is 2. The van der Waals surface area contributed by atoms with E-state index in [2.05, 4.69) is 9.97 Å². The zero-order valence-electron chi connectivity index (χ0n) is 14.9. The van der Waals surface area contributed by atoms with E-state index < -0.39 is 12.5 Å². The molecule has 11 heteroatoms. The van der Waals surface area contributed by atoms with Crippen molar-refractivity contribution in [1.82, 2.24) is 9.97 Å². The number of furan rings is 1. The molecule has 3 rings (SSSR count). The SMILES string of the molecule is CCOP(=O)(OCC)c1ccc(-c2nc3c([N+](=O)[O-])c(OC)ccc3[nH]2)o1. The van der Waals surface area contributed by atoms with E-state index in [9.17, 15) is 14.7 Å². The van der Waals surface area contributed by atoms with Gasteiger partial charge in [0.05, 0.1) is 30.8 Å². The first-order chi connectivity index (χ1) is 12.9. The second-order valence-corrected chi connectivity index (χ2v) is 7.28. The highest BCUT2D eigenvalue weighted by Gasteiger charge is 2.31. The maximum absolute atomic E-state index is 12.8. The Morgan fingerprint density at radius 1 is 1.22 bits per heavy atom. The van der Waals surface area contributed by atoms with Gasteiger partial charge in [-0.3, -0.25) is 14.7 Å². The Kier molecular flexibility index (Phi) is 5.31. The summed E-state index contributed by atoms with van der Waals surface area (Å²) >= 11 is 0. The van der Waals surface area contributed by atoms with Crippen LogP contribution in [0.15, 0.2) is 28.7 Å². The molecule has 2 aromatic heterocycles. The van der Waals surface area contributed by atoms with Crippen LogP contribution in [-0.2, 0) is 13.6 Å². The molecule has 0 aliphatic carbocycles. The fraction of sp³-hybridized carbons (Fsp3) is 0.312. The highest BCUT2D eigenvalue weighted by atomic mass is 31.2. The summed E-state index contributed by atoms with van der Waals surface area (Å²) in [6.45, 7) is 3.76. The van der Waals surface area contributed by atoms with Gasteiger partial charge in [-0.25, -0.2) is 4.98 Å². The highest BCUT2D eigenvalue weighted by molar-refractivity contribution is 7.61. The Morgan fingerprint density at radius 2 is 1.93 bits per heavy atom. The highest BCUT2D eigenvalue weighted by Crippen LogP contribution is 2.47. The molecule has 10 nitrogen and oxygen atoms in total. The number of hydrogen-bond donors (Lipinski definition) is 1. The Labute approximate surface area is 154 Å². The normalized spacial score (nSPS) is 11.8. The van der Waals surface area contributed by atoms with E-state index in [1.54, 1.807) is 26.0 Å². The van der Waals surface area contributed by atoms with Gasteiger partial charge in [-0.1, -0.05) is 0 Å². The van der Waals surface area contributed by atoms with E-state index in [1.165, 1.54) is 19.2 Å². The average molecular weight is 395 g/mol. The van der Waals surface area contributed by atoms with Crippen molar-refractivity contribution in [2.75, 3.05) is 20.3 Å². The molecule has 0 amide bonds. The number of rotatable bonds is 8. The van der Waals surface area contributed by atoms with Crippen LogP contribution in [0.5, 0.6) is 5.75 Å². The minimum atomic E-state index is -3.58. The van der Waals surface area contributed by atoms with Crippen molar-refractivity contribution >= 4 is 29.8 Å². The quantitative estimate of drug-likeness (QED) is 0.348. The molecular weight excluding hydrogens is 377 g/mol. The van der Waals surface area contributed by atoms with Gasteiger partial charge in [0.25, 0.3) is 0 Å². The molecule has 0 saturated heterocycles. The number of nitrogens with zero attached hydrogens (tertiary/aromatic N) is 2. The first-order valence-electron chi connectivity index (χ1n) is 8.14. The summed E-state index contributed by atoms with van der Waals surface area (Å²) in [7, 11) is -2.23. The van der Waals surface area contributed by atoms with Gasteiger partial charge >= 0.3 is 13.3 Å². The van der Waals surface area contributed by atoms with Gasteiger partial charge in [-0.15, -0.1) is 0 Å². The van der Waals surface area contributed by atoms with Gasteiger partial charge in [-0.05, 0) is 38.1 Å². The third-order valence-electron chi connectivity index (χ3n) is 3.69. The topological polar surface area (TPSA) is 130 Å². The summed E-state index contributed by atoms with van der Waals surface area (Å²) in [6.07, 6.45) is 0. The molecule has 0 aliphatic rings. The summed E-state index contributed by atoms with van der Waals surface area (Å²) in [6, 6.07) is 6.12. The zero-order valence-corrected chi connectivity index (χ0v) is 15.8. The lowest BCUT2D eigenvalue weighted by atomic mass is 10.2. The van der Waals surface area contributed by atoms with Crippen LogP contribution in [0.25, 0.3) is 22.6 Å². The van der Waals surface area contributed by atoms with Gasteiger partial charge in [0.1, 0.15) is 0 Å². The third kappa shape index (κ3) is 3.46. The predicted octanol–water partition coefficient (Wildman–Crippen LogP) is 3.63. The van der Waals surface area contributed by atoms with Crippen LogP contribution in [0, 0.1) is 10.1 Å². The maximum atomic E-state index is 12.8. The second-order valence-electron chi connectivity index (χ2n) is 5.33. The summed E-state index contributed by atoms with van der Waals surface area (Å²) in [5.74, 6) is 0.587. The Balaban J connectivity index is 2.07. The van der Waals surface area contributed by atoms with Crippen molar-refractivity contribution in [3.05, 3.63) is 34.4 Å². The largest absolute Gasteiger partial charge is 0.490 e. The number of ether oxygens (including phenoxy) is 1. The van der Waals surface area contributed by atoms with Crippen LogP contribution in [0.4, 0.5) is 5.69 Å². The number of aromatic amines is 1. The maximum Gasteiger partial charge on any atom is 0.396 e. The lowest BCUT2D eigenvalue weighted by molar-refractivity contribution is -0.384. The lowest BCUT2D eigenvalue weighted by Gasteiger charge is -2.13. The molecule has 1 aromatic carbocycles. The van der Waals surface area contributed by atoms with Crippen LogP contribution in [0.2, 0.25) is 0 Å². The molecular formula is C16H18N3O7P. The van der Waals surface area contributed by atoms with Crippen molar-refractivity contribution in [3.63, 3.8) is 0 Å². The minimum Gasteiger partial charge on any atom is -0.490 e. The van der Waals surface area contributed by atoms with Crippen LogP contribution in [0.1, 0.15) is 13.8 Å². The van der Waals surface area contributed by atoms with Crippen molar-refractivity contribution in [3.8, 4) is 17.3 Å². The summed E-state index contributed by atoms with van der Waals surface area (Å²) in [5.41, 5.74) is 0.352. The smallest absolute Gasteiger partial charge is 0.396 e. The number of imidazole rings is 1. The number of methoxy groups -OCH3 is 1. The van der Waals surface area contributed by atoms with Crippen molar-refractivity contribution in [2.24, 2.45) is 0 Å². The standard InChI is InChI=1S/C16H18N3O7P/c1-4-24-27(22,25-5-2)13-9-8-12(26-13)16-17-10-6-7-11(23-3)15(19(20)21)14(10)18-16/h6-9H,4-5H2,1-3H3,(H,17,18). The van der Waals surface area contributed by atoms with E-state index in [0.717, 1.165) is 0 Å². The van der Waals surface area contributed by atoms with E-state index in [1.807, 2.05) is 0 Å². The fourth-order valence-corrected chi connectivity index (χ4v) is 4.08. The number of benzene rings is 1. The van der Waals surface area contributed by atoms with Gasteiger partial charge in [0, 0.05) is 0 Å². The number of nitro groups is 1. The Bertz CT molecular complexity index is 1020. The van der Waals surface area contributed by atoms with Gasteiger partial charge in [0.15, 0.2) is 22.9 Å². The minimum absolute atomic E-state index is 0.0359. The van der Waals surface area contributed by atoms with E-state index in [0.29, 0.717) is 5.52 Å². The molecule has 3 aromatic rings. The van der Waals surface area contributed by atoms with E-state index in [4.69, 9.17) is 18.2 Å². The molecule has 0 spiro atoms. The lowest BCUT2D eigenvalue weighted by Crippen LogP contribution is -2.08. The van der Waals surface area contributed by atoms with E-state index >= 15 is 0 Å². The number of nitrogens with one attached hydrogen (secondary N) is 1. The van der Waals surface area contributed by atoms with Gasteiger partial charge in [0.2, 0.25) is 5.50 Å². The molecule has 0 radical (unpaired) electrons. The molecule has 0 aliphatic heterocycles. The van der Waals surface area contributed by atoms with Crippen LogP contribution < -0.4 is 10.2 Å². The van der Waals surface area contributed by atoms with Gasteiger partial charge in [-0.2, -0.15) is 0 Å². The molecule has 0 fully saturated rings. The van der Waals surface area contributed by atoms with Crippen molar-refractivity contribution in [2.45, 2.75) is 13.8 Å². The summed E-state index contributed by atoms with van der Waals surface area (Å²) in [5, 5.41) is 11.4. The molecule has 0 atom stereocenters. The molecule has 2 heterocycles. The van der Waals surface area contributed by atoms with Crippen molar-refractivity contribution < 1.29 is 27.7 Å². The number of fused-ring (bicyclic) bond motifs is 1. The molecule has 0 unspecified atom stereocenters. The molecule has 27 heavy (non-hydrogen) atoms. The monoisotopic (exact) mass is 395 g/mol. The Morgan fingerprint density at radius 3 is 2.52 bits per heavy atom. The van der Waals surface area contributed by atoms with Crippen LogP contribution >= 0.6 is 7.60 Å². The summed E-state index contributed by atoms with van der Waals surface area (Å²) in [4.78, 5) is 18.0. The second kappa shape index (κ2) is 7.51. The number of nitro benzene ring substituents is 1. The van der Waals surface area contributed by atoms with E-state index in [-0.39, 0.29) is 47.3 Å². The van der Waals surface area contributed by atoms with Crippen LogP contribution in [-0.4, -0.2) is 35.2 Å². The molecule has 144 valence electrons. The number of H-pyrrole nitrogens is 1. The first-order valence-corrected chi connectivity index (χ1v) is 9.68. The predicted molar refractivity (Wildman–Crippen MR) is 97.5 cm³/mol. The zero-order chi connectivity index (χ0) is 19.6. The van der Waals surface area contributed by atoms with Gasteiger partial charge < -0.3 is 23.2 Å². The molecule has 0 saturated carbocycles. The first kappa shape index (κ1) is 19.1. The Hall–Kier alpha value is -2.68. The van der Waals surface area contributed by atoms with Crippen molar-refractivity contribution in [1.29, 1.82) is 0 Å². The molecule has 0 bridgehead atoms. The van der Waals surface area contributed by atoms with Crippen LogP contribution in [0.3, 0.4) is 0 Å². The molecule has 1 N–H and O–H groups in total.